The zero-order chi connectivity index (χ0) is 13.2. The molecule has 0 saturated heterocycles. The molecule has 17 heavy (non-hydrogen) atoms. The van der Waals surface area contributed by atoms with Gasteiger partial charge < -0.3 is 5.73 Å². The van der Waals surface area contributed by atoms with Gasteiger partial charge >= 0.3 is 0 Å². The fraction of sp³-hybridized carbons (Fsp3) is 0.364. The van der Waals surface area contributed by atoms with Crippen LogP contribution < -0.4 is 5.73 Å². The molecule has 0 radical (unpaired) electrons. The predicted molar refractivity (Wildman–Crippen MR) is 72.5 cm³/mol. The van der Waals surface area contributed by atoms with E-state index in [0.717, 1.165) is 15.4 Å². The molecule has 4 nitrogen and oxygen atoms in total. The maximum atomic E-state index is 12.2. The third-order valence-corrected chi connectivity index (χ3v) is 4.49. The first-order chi connectivity index (χ1) is 7.75. The third-order valence-electron chi connectivity index (χ3n) is 2.40. The fourth-order valence-corrected chi connectivity index (χ4v) is 3.19. The Morgan fingerprint density at radius 1 is 1.41 bits per heavy atom. The highest BCUT2D eigenvalue weighted by Gasteiger charge is 2.22. The molecule has 6 heteroatoms. The molecular formula is C11H16N2O2S2. The molecule has 0 heterocycles. The van der Waals surface area contributed by atoms with Crippen LogP contribution in [0.15, 0.2) is 23.1 Å². The van der Waals surface area contributed by atoms with Crippen molar-refractivity contribution in [3.05, 3.63) is 29.3 Å². The second-order valence-electron chi connectivity index (χ2n) is 4.00. The molecule has 0 saturated carbocycles. The smallest absolute Gasteiger partial charge is 0.243 e. The topological polar surface area (TPSA) is 63.4 Å². The van der Waals surface area contributed by atoms with Crippen molar-refractivity contribution in [2.45, 2.75) is 18.7 Å². The number of nitrogens with zero attached hydrogens (tertiary/aromatic N) is 1. The fourth-order valence-electron chi connectivity index (χ4n) is 1.56. The monoisotopic (exact) mass is 272 g/mol. The number of benzene rings is 1. The molecule has 0 aromatic heterocycles. The summed E-state index contributed by atoms with van der Waals surface area (Å²) in [5.74, 6) is 0. The van der Waals surface area contributed by atoms with Crippen molar-refractivity contribution < 1.29 is 8.42 Å². The summed E-state index contributed by atoms with van der Waals surface area (Å²) in [7, 11) is -2.05. The first kappa shape index (κ1) is 14.1. The van der Waals surface area contributed by atoms with Gasteiger partial charge in [-0.25, -0.2) is 8.42 Å². The molecule has 0 aliphatic carbocycles. The van der Waals surface area contributed by atoms with E-state index in [1.807, 2.05) is 13.0 Å². The van der Waals surface area contributed by atoms with E-state index < -0.39 is 10.0 Å². The number of rotatable bonds is 4. The third kappa shape index (κ3) is 3.24. The Kier molecular flexibility index (Phi) is 4.24. The Hall–Kier alpha value is -0.980. The van der Waals surface area contributed by atoms with Gasteiger partial charge in [0.1, 0.15) is 0 Å². The van der Waals surface area contributed by atoms with E-state index in [4.69, 9.17) is 18.0 Å². The number of thiocarbonyl (C=S) groups is 1. The van der Waals surface area contributed by atoms with Crippen molar-refractivity contribution in [2.75, 3.05) is 13.6 Å². The summed E-state index contributed by atoms with van der Waals surface area (Å²) in [5.41, 5.74) is 7.10. The van der Waals surface area contributed by atoms with Crippen LogP contribution in [-0.4, -0.2) is 31.3 Å². The van der Waals surface area contributed by atoms with Crippen LogP contribution in [0.1, 0.15) is 11.1 Å². The predicted octanol–water partition coefficient (Wildman–Crippen LogP) is 1.21. The summed E-state index contributed by atoms with van der Waals surface area (Å²) in [6.45, 7) is 3.74. The number of sulfonamides is 1. The average Bonchev–Trinajstić information content (AvgIpc) is 2.15. The van der Waals surface area contributed by atoms with E-state index in [2.05, 4.69) is 0 Å². The van der Waals surface area contributed by atoms with Crippen LogP contribution in [0.25, 0.3) is 0 Å². The van der Waals surface area contributed by atoms with Gasteiger partial charge in [-0.3, -0.25) is 0 Å². The van der Waals surface area contributed by atoms with Gasteiger partial charge in [0.2, 0.25) is 10.0 Å². The first-order valence-electron chi connectivity index (χ1n) is 5.07. The van der Waals surface area contributed by atoms with Gasteiger partial charge in [-0.15, -0.1) is 0 Å². The Morgan fingerprint density at radius 3 is 2.47 bits per heavy atom. The molecule has 2 N–H and O–H groups in total. The van der Waals surface area contributed by atoms with E-state index in [-0.39, 0.29) is 11.5 Å². The molecule has 0 amide bonds. The van der Waals surface area contributed by atoms with E-state index in [1.54, 1.807) is 19.1 Å². The molecule has 1 aromatic carbocycles. The van der Waals surface area contributed by atoms with E-state index in [9.17, 15) is 8.42 Å². The van der Waals surface area contributed by atoms with Crippen LogP contribution in [0, 0.1) is 13.8 Å². The van der Waals surface area contributed by atoms with Crippen molar-refractivity contribution >= 4 is 27.2 Å². The number of nitrogens with two attached hydrogens (primary N) is 1. The minimum absolute atomic E-state index is 0.0466. The lowest BCUT2D eigenvalue weighted by atomic mass is 10.2. The van der Waals surface area contributed by atoms with E-state index in [1.165, 1.54) is 7.05 Å². The average molecular weight is 272 g/mol. The quantitative estimate of drug-likeness (QED) is 0.837. The van der Waals surface area contributed by atoms with Crippen LogP contribution in [0.4, 0.5) is 0 Å². The van der Waals surface area contributed by atoms with Gasteiger partial charge in [-0.1, -0.05) is 29.9 Å². The molecule has 0 unspecified atom stereocenters. The highest BCUT2D eigenvalue weighted by molar-refractivity contribution is 7.89. The summed E-state index contributed by atoms with van der Waals surface area (Å²) in [6, 6.07) is 5.21. The highest BCUT2D eigenvalue weighted by atomic mass is 32.2. The van der Waals surface area contributed by atoms with Gasteiger partial charge in [-0.2, -0.15) is 4.31 Å². The Labute approximate surface area is 107 Å². The summed E-state index contributed by atoms with van der Waals surface area (Å²) in [4.78, 5) is 0.447. The molecule has 1 aromatic rings. The van der Waals surface area contributed by atoms with Crippen LogP contribution in [-0.2, 0) is 10.0 Å². The largest absolute Gasteiger partial charge is 0.392 e. The molecule has 1 rings (SSSR count). The van der Waals surface area contributed by atoms with Crippen LogP contribution in [0.3, 0.4) is 0 Å². The molecule has 0 aliphatic rings. The minimum atomic E-state index is -3.52. The SMILES string of the molecule is Cc1ccc(S(=O)(=O)N(C)CC(N)=S)c(C)c1. The maximum absolute atomic E-state index is 12.2. The van der Waals surface area contributed by atoms with Crippen molar-refractivity contribution in [2.24, 2.45) is 5.73 Å². The van der Waals surface area contributed by atoms with Crippen LogP contribution >= 0.6 is 12.2 Å². The van der Waals surface area contributed by atoms with E-state index >= 15 is 0 Å². The zero-order valence-corrected chi connectivity index (χ0v) is 11.7. The van der Waals surface area contributed by atoms with Crippen molar-refractivity contribution in [1.82, 2.24) is 4.31 Å². The first-order valence-corrected chi connectivity index (χ1v) is 6.92. The summed E-state index contributed by atoms with van der Waals surface area (Å²) >= 11 is 4.72. The normalized spacial score (nSPS) is 11.8. The molecule has 0 aliphatic heterocycles. The number of hydrogen-bond donors (Lipinski definition) is 1. The van der Waals surface area contributed by atoms with E-state index in [0.29, 0.717) is 4.90 Å². The van der Waals surface area contributed by atoms with Gasteiger partial charge in [0.25, 0.3) is 0 Å². The summed E-state index contributed by atoms with van der Waals surface area (Å²) in [6.07, 6.45) is 0. The standard InChI is InChI=1S/C11H16N2O2S2/c1-8-4-5-10(9(2)6-8)17(14,15)13(3)7-11(12)16/h4-6H,7H2,1-3H3,(H2,12,16). The molecule has 94 valence electrons. The van der Waals surface area contributed by atoms with Gasteiger partial charge in [0.15, 0.2) is 0 Å². The van der Waals surface area contributed by atoms with Gasteiger partial charge in [-0.05, 0) is 25.5 Å². The molecule has 0 fully saturated rings. The van der Waals surface area contributed by atoms with Gasteiger partial charge in [0, 0.05) is 7.05 Å². The lowest BCUT2D eigenvalue weighted by molar-refractivity contribution is 0.505. The molecule has 0 atom stereocenters. The Balaban J connectivity index is 3.17. The summed E-state index contributed by atoms with van der Waals surface area (Å²) in [5, 5.41) is 0. The zero-order valence-electron chi connectivity index (χ0n) is 10.1. The highest BCUT2D eigenvalue weighted by Crippen LogP contribution is 2.19. The molecular weight excluding hydrogens is 256 g/mol. The second-order valence-corrected chi connectivity index (χ2v) is 6.53. The molecule has 0 bridgehead atoms. The molecule has 0 spiro atoms. The Morgan fingerprint density at radius 2 is 2.00 bits per heavy atom. The lowest BCUT2D eigenvalue weighted by Gasteiger charge is -2.18. The second kappa shape index (κ2) is 5.12. The van der Waals surface area contributed by atoms with Gasteiger partial charge in [0.05, 0.1) is 16.4 Å². The van der Waals surface area contributed by atoms with Crippen LogP contribution in [0.2, 0.25) is 0 Å². The number of aryl methyl sites for hydroxylation is 2. The Bertz CT molecular complexity index is 538. The lowest BCUT2D eigenvalue weighted by Crippen LogP contribution is -2.34. The van der Waals surface area contributed by atoms with Crippen molar-refractivity contribution in [3.8, 4) is 0 Å². The minimum Gasteiger partial charge on any atom is -0.392 e. The number of likely N-dealkylation sites (N-methyl/N-ethyl adjacent to an activating group) is 1. The summed E-state index contributed by atoms with van der Waals surface area (Å²) < 4.78 is 25.6. The van der Waals surface area contributed by atoms with Crippen molar-refractivity contribution in [1.29, 1.82) is 0 Å². The maximum Gasteiger partial charge on any atom is 0.243 e. The van der Waals surface area contributed by atoms with Crippen LogP contribution in [0.5, 0.6) is 0 Å². The number of hydrogen-bond acceptors (Lipinski definition) is 3. The van der Waals surface area contributed by atoms with Crippen molar-refractivity contribution in [3.63, 3.8) is 0 Å².